The minimum absolute atomic E-state index is 0.0135. The minimum atomic E-state index is -0.421. The first-order valence-corrected chi connectivity index (χ1v) is 7.84. The Hall–Kier alpha value is -2.04. The van der Waals surface area contributed by atoms with Gasteiger partial charge >= 0.3 is 0 Å². The van der Waals surface area contributed by atoms with Crippen molar-refractivity contribution >= 4 is 12.2 Å². The summed E-state index contributed by atoms with van der Waals surface area (Å²) in [5, 5.41) is 20.7. The van der Waals surface area contributed by atoms with Crippen LogP contribution in [0.4, 0.5) is 0 Å². The van der Waals surface area contributed by atoms with Gasteiger partial charge in [-0.05, 0) is 37.3 Å². The van der Waals surface area contributed by atoms with Crippen LogP contribution >= 0.6 is 0 Å². The van der Waals surface area contributed by atoms with Gasteiger partial charge in [0.1, 0.15) is 17.3 Å². The molecule has 1 aliphatic heterocycles. The van der Waals surface area contributed by atoms with E-state index in [-0.39, 0.29) is 29.2 Å². The number of phenolic OH excluding ortho intramolecular Hbond substituents is 2. The molecular formula is C17H19NO4. The Balaban J connectivity index is 1.96. The predicted molar refractivity (Wildman–Crippen MR) is 78.7 cm³/mol. The molecule has 1 saturated heterocycles. The van der Waals surface area contributed by atoms with Crippen LogP contribution in [-0.4, -0.2) is 39.9 Å². The van der Waals surface area contributed by atoms with Crippen LogP contribution in [0.1, 0.15) is 36.8 Å². The molecule has 1 aromatic carbocycles. The molecule has 1 saturated carbocycles. The van der Waals surface area contributed by atoms with Crippen molar-refractivity contribution in [3.8, 4) is 11.5 Å². The molecule has 5 nitrogen and oxygen atoms in total. The van der Waals surface area contributed by atoms with Gasteiger partial charge in [0, 0.05) is 42.0 Å². The number of carbonyl (C=O) groups is 2. The Kier molecular flexibility index (Phi) is 2.77. The highest BCUT2D eigenvalue weighted by atomic mass is 16.3. The summed E-state index contributed by atoms with van der Waals surface area (Å²) in [5.41, 5.74) is 1.05. The lowest BCUT2D eigenvalue weighted by Gasteiger charge is -2.57. The number of hydrogen-bond acceptors (Lipinski definition) is 4. The summed E-state index contributed by atoms with van der Waals surface area (Å²) in [7, 11) is 0. The molecule has 2 fully saturated rings. The van der Waals surface area contributed by atoms with E-state index >= 15 is 0 Å². The molecule has 1 heterocycles. The van der Waals surface area contributed by atoms with Crippen LogP contribution in [0.3, 0.4) is 0 Å². The first-order valence-electron chi connectivity index (χ1n) is 7.84. The summed E-state index contributed by atoms with van der Waals surface area (Å²) in [5.74, 6) is 0.724. The van der Waals surface area contributed by atoms with Crippen LogP contribution in [0, 0.1) is 5.92 Å². The summed E-state index contributed by atoms with van der Waals surface area (Å²) in [6.45, 7) is 0.604. The number of likely N-dealkylation sites (tertiary alicyclic amines) is 1. The van der Waals surface area contributed by atoms with E-state index in [4.69, 9.17) is 0 Å². The van der Waals surface area contributed by atoms with Crippen molar-refractivity contribution in [2.45, 2.75) is 43.6 Å². The maximum absolute atomic E-state index is 12.1. The maximum atomic E-state index is 12.1. The van der Waals surface area contributed by atoms with Gasteiger partial charge in [0.25, 0.3) is 0 Å². The highest BCUT2D eigenvalue weighted by molar-refractivity contribution is 5.82. The Labute approximate surface area is 128 Å². The molecule has 5 heteroatoms. The number of phenols is 2. The number of benzene rings is 1. The fraction of sp³-hybridized carbons (Fsp3) is 0.529. The Morgan fingerprint density at radius 2 is 2.05 bits per heavy atom. The van der Waals surface area contributed by atoms with Crippen LogP contribution < -0.4 is 0 Å². The zero-order valence-corrected chi connectivity index (χ0v) is 12.3. The minimum Gasteiger partial charge on any atom is -0.508 e. The van der Waals surface area contributed by atoms with Crippen LogP contribution in [0.15, 0.2) is 12.1 Å². The summed E-state index contributed by atoms with van der Waals surface area (Å²) >= 11 is 0. The van der Waals surface area contributed by atoms with E-state index in [0.29, 0.717) is 37.8 Å². The second-order valence-corrected chi connectivity index (χ2v) is 6.84. The average Bonchev–Trinajstić information content (AvgIpc) is 2.50. The largest absolute Gasteiger partial charge is 0.508 e. The van der Waals surface area contributed by atoms with Crippen molar-refractivity contribution in [2.75, 3.05) is 6.54 Å². The van der Waals surface area contributed by atoms with Crippen molar-refractivity contribution in [1.82, 2.24) is 4.90 Å². The van der Waals surface area contributed by atoms with Crippen LogP contribution in [0.5, 0.6) is 11.5 Å². The Bertz CT molecular complexity index is 671. The molecule has 3 unspecified atom stereocenters. The first kappa shape index (κ1) is 13.6. The number of nitrogens with zero attached hydrogens (tertiary/aromatic N) is 1. The quantitative estimate of drug-likeness (QED) is 0.608. The lowest BCUT2D eigenvalue weighted by Crippen LogP contribution is -2.61. The fourth-order valence-corrected chi connectivity index (χ4v) is 5.11. The average molecular weight is 301 g/mol. The number of ketones is 1. The van der Waals surface area contributed by atoms with Crippen LogP contribution in [0.2, 0.25) is 0 Å². The van der Waals surface area contributed by atoms with Gasteiger partial charge in [-0.1, -0.05) is 0 Å². The lowest BCUT2D eigenvalue weighted by atomic mass is 9.52. The molecule has 0 aromatic heterocycles. The van der Waals surface area contributed by atoms with E-state index in [2.05, 4.69) is 0 Å². The first-order chi connectivity index (χ1) is 10.6. The van der Waals surface area contributed by atoms with E-state index in [1.54, 1.807) is 0 Å². The van der Waals surface area contributed by atoms with E-state index in [1.807, 2.05) is 4.90 Å². The Morgan fingerprint density at radius 1 is 1.27 bits per heavy atom. The van der Waals surface area contributed by atoms with Crippen LogP contribution in [0.25, 0.3) is 0 Å². The molecule has 4 rings (SSSR count). The second kappa shape index (κ2) is 4.48. The highest BCUT2D eigenvalue weighted by Crippen LogP contribution is 2.58. The van der Waals surface area contributed by atoms with E-state index in [0.717, 1.165) is 18.4 Å². The Morgan fingerprint density at radius 3 is 2.82 bits per heavy atom. The number of Topliss-reactive ketones (excluding diaryl/α,β-unsaturated/α-hetero) is 1. The van der Waals surface area contributed by atoms with Gasteiger partial charge in [0.2, 0.25) is 6.41 Å². The third-order valence-electron chi connectivity index (χ3n) is 5.98. The zero-order chi connectivity index (χ0) is 15.5. The normalized spacial score (nSPS) is 33.1. The van der Waals surface area contributed by atoms with Gasteiger partial charge in [-0.3, -0.25) is 9.59 Å². The number of piperidine rings is 1. The van der Waals surface area contributed by atoms with Gasteiger partial charge in [0.05, 0.1) is 0 Å². The van der Waals surface area contributed by atoms with Crippen molar-refractivity contribution in [1.29, 1.82) is 0 Å². The smallest absolute Gasteiger partial charge is 0.209 e. The molecule has 1 amide bonds. The number of amides is 1. The molecule has 3 atom stereocenters. The second-order valence-electron chi connectivity index (χ2n) is 6.84. The molecule has 116 valence electrons. The standard InChI is InChI=1S/C17H19NO4/c19-9-18-6-5-17-8-10(20)1-2-12(17)13(18)7-11-14(21)3-4-15(22)16(11)17/h3-4,9,12-13,21-22H,1-2,5-8H2. The fourth-order valence-electron chi connectivity index (χ4n) is 5.11. The van der Waals surface area contributed by atoms with Gasteiger partial charge in [-0.25, -0.2) is 0 Å². The summed E-state index contributed by atoms with van der Waals surface area (Å²) in [4.78, 5) is 25.4. The van der Waals surface area contributed by atoms with Crippen molar-refractivity contribution < 1.29 is 19.8 Å². The van der Waals surface area contributed by atoms with E-state index in [1.165, 1.54) is 12.1 Å². The molecule has 2 bridgehead atoms. The molecule has 2 aliphatic carbocycles. The topological polar surface area (TPSA) is 77.8 Å². The SMILES string of the molecule is O=CN1CCC23CC(=O)CCC2C1Cc1c(O)ccc(O)c13. The predicted octanol–water partition coefficient (Wildman–Crippen LogP) is 1.49. The molecule has 0 radical (unpaired) electrons. The molecular weight excluding hydrogens is 282 g/mol. The lowest BCUT2D eigenvalue weighted by molar-refractivity contribution is -0.132. The number of hydrogen-bond donors (Lipinski definition) is 2. The van der Waals surface area contributed by atoms with Gasteiger partial charge in [0.15, 0.2) is 0 Å². The molecule has 0 spiro atoms. The number of fused-ring (bicyclic) bond motifs is 1. The summed E-state index contributed by atoms with van der Waals surface area (Å²) in [6.07, 6.45) is 3.81. The van der Waals surface area contributed by atoms with Gasteiger partial charge in [-0.2, -0.15) is 0 Å². The number of aromatic hydroxyl groups is 2. The number of rotatable bonds is 1. The highest BCUT2D eigenvalue weighted by Gasteiger charge is 2.57. The zero-order valence-electron chi connectivity index (χ0n) is 12.3. The van der Waals surface area contributed by atoms with Crippen LogP contribution in [-0.2, 0) is 21.4 Å². The van der Waals surface area contributed by atoms with Gasteiger partial charge in [-0.15, -0.1) is 0 Å². The third-order valence-corrected chi connectivity index (χ3v) is 5.98. The van der Waals surface area contributed by atoms with Crippen molar-refractivity contribution in [3.05, 3.63) is 23.3 Å². The maximum Gasteiger partial charge on any atom is 0.209 e. The molecule has 2 N–H and O–H groups in total. The summed E-state index contributed by atoms with van der Waals surface area (Å²) < 4.78 is 0. The van der Waals surface area contributed by atoms with E-state index in [9.17, 15) is 19.8 Å². The van der Waals surface area contributed by atoms with Crippen molar-refractivity contribution in [2.24, 2.45) is 5.92 Å². The van der Waals surface area contributed by atoms with Crippen molar-refractivity contribution in [3.63, 3.8) is 0 Å². The third kappa shape index (κ3) is 1.59. The molecule has 22 heavy (non-hydrogen) atoms. The number of carbonyl (C=O) groups excluding carboxylic acids is 2. The molecule has 1 aromatic rings. The molecule has 3 aliphatic rings. The monoisotopic (exact) mass is 301 g/mol. The summed E-state index contributed by atoms with van der Waals surface area (Å²) in [6, 6.07) is 3.03. The van der Waals surface area contributed by atoms with E-state index < -0.39 is 5.41 Å². The van der Waals surface area contributed by atoms with Gasteiger partial charge < -0.3 is 15.1 Å².